The summed E-state index contributed by atoms with van der Waals surface area (Å²) < 4.78 is 2.09. The van der Waals surface area contributed by atoms with E-state index in [0.29, 0.717) is 16.5 Å². The lowest BCUT2D eigenvalue weighted by Gasteiger charge is -2.31. The number of para-hydroxylation sites is 2. The van der Waals surface area contributed by atoms with Crippen molar-refractivity contribution in [3.63, 3.8) is 0 Å². The first-order valence-corrected chi connectivity index (χ1v) is 10.9. The molecule has 6 heteroatoms. The number of carbonyl (C=O) groups excluding carboxylic acids is 1. The van der Waals surface area contributed by atoms with Crippen LogP contribution in [-0.4, -0.2) is 15.5 Å². The number of allylic oxidation sites excluding steroid dienone is 1. The Bertz CT molecular complexity index is 1380. The van der Waals surface area contributed by atoms with E-state index in [9.17, 15) is 4.79 Å². The second-order valence-electron chi connectivity index (χ2n) is 8.18. The van der Waals surface area contributed by atoms with Crippen LogP contribution < -0.4 is 10.6 Å². The zero-order valence-electron chi connectivity index (χ0n) is 18.1. The highest BCUT2D eigenvalue weighted by Crippen LogP contribution is 2.39. The maximum atomic E-state index is 13.7. The number of amides is 1. The van der Waals surface area contributed by atoms with Gasteiger partial charge < -0.3 is 10.6 Å². The van der Waals surface area contributed by atoms with Gasteiger partial charge in [0.05, 0.1) is 22.6 Å². The number of aryl methyl sites for hydroxylation is 2. The van der Waals surface area contributed by atoms with Gasteiger partial charge in [-0.2, -0.15) is 0 Å². The van der Waals surface area contributed by atoms with E-state index in [1.54, 1.807) is 0 Å². The third-order valence-electron chi connectivity index (χ3n) is 5.89. The fourth-order valence-electron chi connectivity index (χ4n) is 4.36. The molecule has 3 aromatic carbocycles. The molecule has 1 aliphatic rings. The number of aromatic nitrogens is 2. The van der Waals surface area contributed by atoms with Gasteiger partial charge in [-0.3, -0.25) is 9.36 Å². The fourth-order valence-corrected chi connectivity index (χ4v) is 4.49. The van der Waals surface area contributed by atoms with Crippen molar-refractivity contribution in [1.82, 2.24) is 9.55 Å². The smallest absolute Gasteiger partial charge is 0.255 e. The van der Waals surface area contributed by atoms with Gasteiger partial charge in [0.25, 0.3) is 5.91 Å². The van der Waals surface area contributed by atoms with E-state index < -0.39 is 0 Å². The zero-order chi connectivity index (χ0) is 22.4. The first-order valence-electron chi connectivity index (χ1n) is 10.5. The molecule has 5 nitrogen and oxygen atoms in total. The van der Waals surface area contributed by atoms with Crippen LogP contribution >= 0.6 is 11.6 Å². The lowest BCUT2D eigenvalue weighted by molar-refractivity contribution is -0.113. The van der Waals surface area contributed by atoms with Crippen molar-refractivity contribution in [1.29, 1.82) is 0 Å². The first-order chi connectivity index (χ1) is 15.4. The third-order valence-corrected chi connectivity index (χ3v) is 6.14. The predicted molar refractivity (Wildman–Crippen MR) is 130 cm³/mol. The third kappa shape index (κ3) is 3.45. The van der Waals surface area contributed by atoms with Crippen LogP contribution in [0, 0.1) is 13.8 Å². The summed E-state index contributed by atoms with van der Waals surface area (Å²) in [6.07, 6.45) is 0. The van der Waals surface area contributed by atoms with Crippen molar-refractivity contribution < 1.29 is 4.79 Å². The molecule has 2 heterocycles. The van der Waals surface area contributed by atoms with Crippen LogP contribution in [0.2, 0.25) is 5.02 Å². The maximum Gasteiger partial charge on any atom is 0.255 e. The lowest BCUT2D eigenvalue weighted by atomic mass is 9.94. The van der Waals surface area contributed by atoms with Crippen LogP contribution in [0.15, 0.2) is 78.0 Å². The van der Waals surface area contributed by atoms with Crippen molar-refractivity contribution in [2.45, 2.75) is 26.8 Å². The Kier molecular flexibility index (Phi) is 4.98. The minimum Gasteiger partial charge on any atom is -0.329 e. The molecule has 0 unspecified atom stereocenters. The van der Waals surface area contributed by atoms with Gasteiger partial charge in [0.15, 0.2) is 0 Å². The summed E-state index contributed by atoms with van der Waals surface area (Å²) in [5.41, 5.74) is 7.19. The van der Waals surface area contributed by atoms with Crippen LogP contribution in [-0.2, 0) is 4.79 Å². The molecule has 2 N–H and O–H groups in total. The first kappa shape index (κ1) is 20.3. The van der Waals surface area contributed by atoms with E-state index in [-0.39, 0.29) is 11.9 Å². The highest BCUT2D eigenvalue weighted by atomic mass is 35.5. The fraction of sp³-hybridized carbons (Fsp3) is 0.154. The summed E-state index contributed by atoms with van der Waals surface area (Å²) in [6.45, 7) is 5.96. The standard InChI is InChI=1S/C26H23ClN4O/c1-15-8-13-20(16(2)14-15)29-25(32)23-17(3)28-26-30-21-6-4-5-7-22(21)31(26)24(23)18-9-11-19(27)12-10-18/h4-14,24H,1-3H3,(H,28,30)(H,29,32)/t24-/m1/s1. The van der Waals surface area contributed by atoms with Crippen molar-refractivity contribution in [2.24, 2.45) is 0 Å². The van der Waals surface area contributed by atoms with E-state index in [1.165, 1.54) is 0 Å². The molecular formula is C26H23ClN4O. The maximum absolute atomic E-state index is 13.7. The van der Waals surface area contributed by atoms with Crippen LogP contribution in [0.4, 0.5) is 11.6 Å². The van der Waals surface area contributed by atoms with Crippen molar-refractivity contribution >= 4 is 40.2 Å². The Labute approximate surface area is 191 Å². The molecule has 0 bridgehead atoms. The molecule has 1 aliphatic heterocycles. The molecule has 0 saturated heterocycles. The molecule has 4 aromatic rings. The van der Waals surface area contributed by atoms with E-state index in [2.05, 4.69) is 21.3 Å². The number of fused-ring (bicyclic) bond motifs is 3. The molecule has 0 fully saturated rings. The van der Waals surface area contributed by atoms with Gasteiger partial charge in [0, 0.05) is 16.4 Å². The lowest BCUT2D eigenvalue weighted by Crippen LogP contribution is -2.31. The molecule has 0 spiro atoms. The summed E-state index contributed by atoms with van der Waals surface area (Å²) in [5.74, 6) is 0.567. The number of anilines is 2. The van der Waals surface area contributed by atoms with Gasteiger partial charge in [-0.1, -0.05) is 53.6 Å². The Balaban J connectivity index is 1.65. The van der Waals surface area contributed by atoms with Crippen LogP contribution in [0.5, 0.6) is 0 Å². The van der Waals surface area contributed by atoms with E-state index in [4.69, 9.17) is 16.6 Å². The molecule has 5 rings (SSSR count). The number of halogens is 1. The molecule has 160 valence electrons. The predicted octanol–water partition coefficient (Wildman–Crippen LogP) is 6.23. The average Bonchev–Trinajstić information content (AvgIpc) is 3.13. The minimum atomic E-state index is -0.346. The van der Waals surface area contributed by atoms with E-state index in [1.807, 2.05) is 81.4 Å². The molecule has 1 amide bonds. The van der Waals surface area contributed by atoms with Crippen LogP contribution in [0.1, 0.15) is 29.7 Å². The molecule has 0 saturated carbocycles. The van der Waals surface area contributed by atoms with Gasteiger partial charge in [0.2, 0.25) is 5.95 Å². The van der Waals surface area contributed by atoms with Gasteiger partial charge in [-0.15, -0.1) is 0 Å². The highest BCUT2D eigenvalue weighted by molar-refractivity contribution is 6.30. The Morgan fingerprint density at radius 3 is 2.53 bits per heavy atom. The normalized spacial score (nSPS) is 15.4. The minimum absolute atomic E-state index is 0.148. The Hall–Kier alpha value is -3.57. The van der Waals surface area contributed by atoms with Gasteiger partial charge >= 0.3 is 0 Å². The SMILES string of the molecule is CC1=C(C(=O)Nc2ccc(C)cc2C)[C@@H](c2ccc(Cl)cc2)n2c(nc3ccccc32)N1. The topological polar surface area (TPSA) is 59.0 Å². The number of rotatable bonds is 3. The number of benzene rings is 3. The number of carbonyl (C=O) groups is 1. The van der Waals surface area contributed by atoms with Crippen molar-refractivity contribution in [3.8, 4) is 0 Å². The molecule has 0 radical (unpaired) electrons. The number of imidazole rings is 1. The van der Waals surface area contributed by atoms with Gasteiger partial charge in [-0.05, 0) is 62.2 Å². The molecule has 1 aromatic heterocycles. The second-order valence-corrected chi connectivity index (χ2v) is 8.62. The Morgan fingerprint density at radius 1 is 1.03 bits per heavy atom. The van der Waals surface area contributed by atoms with Crippen LogP contribution in [0.25, 0.3) is 11.0 Å². The van der Waals surface area contributed by atoms with E-state index >= 15 is 0 Å². The summed E-state index contributed by atoms with van der Waals surface area (Å²) in [4.78, 5) is 18.4. The largest absolute Gasteiger partial charge is 0.329 e. The zero-order valence-corrected chi connectivity index (χ0v) is 18.9. The van der Waals surface area contributed by atoms with Crippen molar-refractivity contribution in [2.75, 3.05) is 10.6 Å². The monoisotopic (exact) mass is 442 g/mol. The second kappa shape index (κ2) is 7.84. The van der Waals surface area contributed by atoms with Crippen molar-refractivity contribution in [3.05, 3.63) is 99.7 Å². The Morgan fingerprint density at radius 2 is 1.78 bits per heavy atom. The summed E-state index contributed by atoms with van der Waals surface area (Å²) in [7, 11) is 0. The molecule has 32 heavy (non-hydrogen) atoms. The molecular weight excluding hydrogens is 420 g/mol. The van der Waals surface area contributed by atoms with Crippen LogP contribution in [0.3, 0.4) is 0 Å². The summed E-state index contributed by atoms with van der Waals surface area (Å²) in [5, 5.41) is 7.12. The number of nitrogens with zero attached hydrogens (tertiary/aromatic N) is 2. The van der Waals surface area contributed by atoms with E-state index in [0.717, 1.165) is 39.1 Å². The number of hydrogen-bond donors (Lipinski definition) is 2. The van der Waals surface area contributed by atoms with Gasteiger partial charge in [-0.25, -0.2) is 4.98 Å². The van der Waals surface area contributed by atoms with Gasteiger partial charge in [0.1, 0.15) is 0 Å². The number of hydrogen-bond acceptors (Lipinski definition) is 3. The highest BCUT2D eigenvalue weighted by Gasteiger charge is 2.34. The summed E-state index contributed by atoms with van der Waals surface area (Å²) >= 11 is 6.17. The summed E-state index contributed by atoms with van der Waals surface area (Å²) in [6, 6.07) is 21.3. The molecule has 0 aliphatic carbocycles. The quantitative estimate of drug-likeness (QED) is 0.395. The molecule has 1 atom stereocenters. The average molecular weight is 443 g/mol. The number of nitrogens with one attached hydrogen (secondary N) is 2.